The highest BCUT2D eigenvalue weighted by Crippen LogP contribution is 2.26. The number of nitrogens with one attached hydrogen (secondary N) is 1. The van der Waals surface area contributed by atoms with Crippen LogP contribution in [0.4, 0.5) is 8.78 Å². The van der Waals surface area contributed by atoms with Crippen molar-refractivity contribution in [2.45, 2.75) is 32.7 Å². The molecule has 1 aromatic heterocycles. The molecule has 21 heavy (non-hydrogen) atoms. The SMILES string of the molecule is CCNC(CCc1ccnn1C)c1c(F)ccc(C)c1F. The molecule has 1 heterocycles. The molecule has 2 aromatic rings. The van der Waals surface area contributed by atoms with Gasteiger partial charge < -0.3 is 5.32 Å². The van der Waals surface area contributed by atoms with Gasteiger partial charge in [-0.25, -0.2) is 8.78 Å². The second-order valence-electron chi connectivity index (χ2n) is 5.19. The molecule has 0 saturated carbocycles. The van der Waals surface area contributed by atoms with Crippen molar-refractivity contribution in [2.75, 3.05) is 6.54 Å². The molecule has 0 aliphatic rings. The van der Waals surface area contributed by atoms with E-state index in [0.717, 1.165) is 5.69 Å². The van der Waals surface area contributed by atoms with Gasteiger partial charge in [0.15, 0.2) is 0 Å². The predicted octanol–water partition coefficient (Wildman–Crippen LogP) is 3.29. The van der Waals surface area contributed by atoms with Gasteiger partial charge in [-0.05, 0) is 44.0 Å². The van der Waals surface area contributed by atoms with Gasteiger partial charge in [-0.2, -0.15) is 5.10 Å². The highest BCUT2D eigenvalue weighted by atomic mass is 19.1. The number of hydrogen-bond donors (Lipinski definition) is 1. The van der Waals surface area contributed by atoms with E-state index in [1.54, 1.807) is 17.8 Å². The van der Waals surface area contributed by atoms with Crippen LogP contribution in [0.2, 0.25) is 0 Å². The maximum absolute atomic E-state index is 14.3. The highest BCUT2D eigenvalue weighted by molar-refractivity contribution is 5.29. The van der Waals surface area contributed by atoms with E-state index in [-0.39, 0.29) is 11.6 Å². The van der Waals surface area contributed by atoms with Gasteiger partial charge in [0.05, 0.1) is 0 Å². The molecule has 0 aliphatic heterocycles. The molecule has 1 N–H and O–H groups in total. The smallest absolute Gasteiger partial charge is 0.133 e. The minimum atomic E-state index is -0.492. The van der Waals surface area contributed by atoms with E-state index in [0.29, 0.717) is 24.9 Å². The van der Waals surface area contributed by atoms with E-state index < -0.39 is 11.6 Å². The number of aryl methyl sites for hydroxylation is 3. The van der Waals surface area contributed by atoms with Crippen molar-refractivity contribution in [3.63, 3.8) is 0 Å². The summed E-state index contributed by atoms with van der Waals surface area (Å²) in [4.78, 5) is 0. The van der Waals surface area contributed by atoms with Gasteiger partial charge in [-0.1, -0.05) is 13.0 Å². The van der Waals surface area contributed by atoms with Crippen molar-refractivity contribution in [2.24, 2.45) is 7.05 Å². The zero-order chi connectivity index (χ0) is 15.4. The molecular weight excluding hydrogens is 272 g/mol. The van der Waals surface area contributed by atoms with Crippen LogP contribution in [0, 0.1) is 18.6 Å². The summed E-state index contributed by atoms with van der Waals surface area (Å²) in [5.74, 6) is -0.944. The van der Waals surface area contributed by atoms with Crippen LogP contribution in [0.25, 0.3) is 0 Å². The quantitative estimate of drug-likeness (QED) is 0.885. The lowest BCUT2D eigenvalue weighted by molar-refractivity contribution is 0.448. The molecule has 1 unspecified atom stereocenters. The van der Waals surface area contributed by atoms with Gasteiger partial charge in [0, 0.05) is 30.5 Å². The Hall–Kier alpha value is -1.75. The third-order valence-corrected chi connectivity index (χ3v) is 3.73. The second kappa shape index (κ2) is 6.80. The molecule has 3 nitrogen and oxygen atoms in total. The van der Waals surface area contributed by atoms with Crippen LogP contribution in [0.15, 0.2) is 24.4 Å². The van der Waals surface area contributed by atoms with E-state index >= 15 is 0 Å². The van der Waals surface area contributed by atoms with Crippen molar-refractivity contribution in [1.29, 1.82) is 0 Å². The van der Waals surface area contributed by atoms with Gasteiger partial charge in [-0.3, -0.25) is 4.68 Å². The number of nitrogens with zero attached hydrogens (tertiary/aromatic N) is 2. The second-order valence-corrected chi connectivity index (χ2v) is 5.19. The molecule has 0 saturated heterocycles. The minimum absolute atomic E-state index is 0.138. The van der Waals surface area contributed by atoms with Crippen molar-refractivity contribution >= 4 is 0 Å². The van der Waals surface area contributed by atoms with Crippen LogP contribution in [-0.4, -0.2) is 16.3 Å². The monoisotopic (exact) mass is 293 g/mol. The maximum Gasteiger partial charge on any atom is 0.133 e. The Labute approximate surface area is 124 Å². The van der Waals surface area contributed by atoms with E-state index in [2.05, 4.69) is 10.4 Å². The molecule has 0 amide bonds. The van der Waals surface area contributed by atoms with Crippen LogP contribution < -0.4 is 5.32 Å². The summed E-state index contributed by atoms with van der Waals surface area (Å²) >= 11 is 0. The molecule has 5 heteroatoms. The van der Waals surface area contributed by atoms with Crippen molar-refractivity contribution in [3.05, 3.63) is 52.9 Å². The van der Waals surface area contributed by atoms with Crippen LogP contribution in [0.3, 0.4) is 0 Å². The van der Waals surface area contributed by atoms with Crippen LogP contribution >= 0.6 is 0 Å². The molecule has 0 radical (unpaired) electrons. The van der Waals surface area contributed by atoms with E-state index in [9.17, 15) is 8.78 Å². The molecule has 114 valence electrons. The summed E-state index contributed by atoms with van der Waals surface area (Å²) in [6, 6.07) is 4.39. The standard InChI is InChI=1S/C16H21F2N3/c1-4-19-14(8-6-12-9-10-20-21(12)3)15-13(17)7-5-11(2)16(15)18/h5,7,9-10,14,19H,4,6,8H2,1-3H3. The van der Waals surface area contributed by atoms with Crippen molar-refractivity contribution in [3.8, 4) is 0 Å². The molecular formula is C16H21F2N3. The largest absolute Gasteiger partial charge is 0.310 e. The Morgan fingerprint density at radius 3 is 2.67 bits per heavy atom. The fourth-order valence-electron chi connectivity index (χ4n) is 2.53. The molecule has 0 bridgehead atoms. The van der Waals surface area contributed by atoms with E-state index in [1.807, 2.05) is 20.0 Å². The molecule has 1 aromatic carbocycles. The summed E-state index contributed by atoms with van der Waals surface area (Å²) < 4.78 is 30.1. The zero-order valence-electron chi connectivity index (χ0n) is 12.7. The first-order valence-corrected chi connectivity index (χ1v) is 7.19. The first-order valence-electron chi connectivity index (χ1n) is 7.19. The number of benzene rings is 1. The van der Waals surface area contributed by atoms with Gasteiger partial charge in [0.25, 0.3) is 0 Å². The summed E-state index contributed by atoms with van der Waals surface area (Å²) in [7, 11) is 1.87. The molecule has 1 atom stereocenters. The summed E-state index contributed by atoms with van der Waals surface area (Å²) in [6.07, 6.45) is 3.05. The maximum atomic E-state index is 14.3. The van der Waals surface area contributed by atoms with Crippen LogP contribution in [0.5, 0.6) is 0 Å². The Morgan fingerprint density at radius 2 is 2.05 bits per heavy atom. The van der Waals surface area contributed by atoms with Crippen LogP contribution in [-0.2, 0) is 13.5 Å². The van der Waals surface area contributed by atoms with E-state index in [1.165, 1.54) is 12.1 Å². The zero-order valence-corrected chi connectivity index (χ0v) is 12.7. The average molecular weight is 293 g/mol. The number of rotatable bonds is 6. The topological polar surface area (TPSA) is 29.9 Å². The van der Waals surface area contributed by atoms with Gasteiger partial charge >= 0.3 is 0 Å². The van der Waals surface area contributed by atoms with Gasteiger partial charge in [0.2, 0.25) is 0 Å². The summed E-state index contributed by atoms with van der Waals surface area (Å²) in [5, 5.41) is 7.29. The predicted molar refractivity (Wildman–Crippen MR) is 79.0 cm³/mol. The molecule has 0 aliphatic carbocycles. The summed E-state index contributed by atoms with van der Waals surface area (Å²) in [6.45, 7) is 4.24. The fraction of sp³-hybridized carbons (Fsp3) is 0.438. The van der Waals surface area contributed by atoms with Crippen molar-refractivity contribution in [1.82, 2.24) is 15.1 Å². The lowest BCUT2D eigenvalue weighted by Gasteiger charge is -2.20. The summed E-state index contributed by atoms with van der Waals surface area (Å²) in [5.41, 5.74) is 1.65. The minimum Gasteiger partial charge on any atom is -0.310 e. The Kier molecular flexibility index (Phi) is 5.07. The Morgan fingerprint density at radius 1 is 1.29 bits per heavy atom. The van der Waals surface area contributed by atoms with E-state index in [4.69, 9.17) is 0 Å². The Balaban J connectivity index is 2.23. The number of hydrogen-bond acceptors (Lipinski definition) is 2. The Bertz CT molecular complexity index is 608. The molecule has 0 spiro atoms. The normalized spacial score (nSPS) is 12.6. The first kappa shape index (κ1) is 15.6. The number of aromatic nitrogens is 2. The average Bonchev–Trinajstić information content (AvgIpc) is 2.86. The third-order valence-electron chi connectivity index (χ3n) is 3.73. The molecule has 0 fully saturated rings. The van der Waals surface area contributed by atoms with Crippen molar-refractivity contribution < 1.29 is 8.78 Å². The molecule has 2 rings (SSSR count). The van der Waals surface area contributed by atoms with Crippen LogP contribution in [0.1, 0.15) is 36.2 Å². The highest BCUT2D eigenvalue weighted by Gasteiger charge is 2.21. The third kappa shape index (κ3) is 3.47. The lowest BCUT2D eigenvalue weighted by Crippen LogP contribution is -2.24. The first-order chi connectivity index (χ1) is 10.0. The van der Waals surface area contributed by atoms with Gasteiger partial charge in [-0.15, -0.1) is 0 Å². The number of halogens is 2. The lowest BCUT2D eigenvalue weighted by atomic mass is 9.97. The van der Waals surface area contributed by atoms with Gasteiger partial charge in [0.1, 0.15) is 11.6 Å². The fourth-order valence-corrected chi connectivity index (χ4v) is 2.53.